The van der Waals surface area contributed by atoms with Crippen LogP contribution in [0.2, 0.25) is 0 Å². The SMILES string of the molecule is COc1ccc(C(=O)NC(C(=O)Nc2nc3ccc(SC(F)F)cc3s2)C(C)C)cc1. The molecule has 164 valence electrons. The number of benzene rings is 2. The Morgan fingerprint density at radius 2 is 1.84 bits per heavy atom. The van der Waals surface area contributed by atoms with Crippen LogP contribution < -0.4 is 15.4 Å². The Hall–Kier alpha value is -2.72. The lowest BCUT2D eigenvalue weighted by Crippen LogP contribution is -2.47. The number of alkyl halides is 2. The lowest BCUT2D eigenvalue weighted by atomic mass is 10.0. The zero-order valence-corrected chi connectivity index (χ0v) is 18.7. The normalized spacial score (nSPS) is 12.2. The molecule has 2 N–H and O–H groups in total. The van der Waals surface area contributed by atoms with E-state index in [1.165, 1.54) is 18.4 Å². The summed E-state index contributed by atoms with van der Waals surface area (Å²) in [6.07, 6.45) is 0. The van der Waals surface area contributed by atoms with Crippen molar-refractivity contribution in [3.8, 4) is 5.75 Å². The summed E-state index contributed by atoms with van der Waals surface area (Å²) in [6, 6.07) is 10.6. The van der Waals surface area contributed by atoms with Crippen LogP contribution in [-0.4, -0.2) is 35.7 Å². The number of nitrogens with zero attached hydrogens (tertiary/aromatic N) is 1. The van der Waals surface area contributed by atoms with E-state index >= 15 is 0 Å². The van der Waals surface area contributed by atoms with E-state index < -0.39 is 17.7 Å². The predicted octanol–water partition coefficient (Wildman–Crippen LogP) is 5.01. The Morgan fingerprint density at radius 3 is 2.45 bits per heavy atom. The van der Waals surface area contributed by atoms with Crippen molar-refractivity contribution in [3.05, 3.63) is 48.0 Å². The maximum atomic E-state index is 12.8. The molecular weight excluding hydrogens is 444 g/mol. The Labute approximate surface area is 186 Å². The lowest BCUT2D eigenvalue weighted by molar-refractivity contribution is -0.118. The number of fused-ring (bicyclic) bond motifs is 1. The highest BCUT2D eigenvalue weighted by Crippen LogP contribution is 2.32. The summed E-state index contributed by atoms with van der Waals surface area (Å²) in [7, 11) is 1.54. The zero-order chi connectivity index (χ0) is 22.5. The first-order chi connectivity index (χ1) is 14.8. The maximum Gasteiger partial charge on any atom is 0.288 e. The van der Waals surface area contributed by atoms with Crippen molar-refractivity contribution in [2.45, 2.75) is 30.5 Å². The molecule has 0 aliphatic rings. The molecule has 3 aromatic rings. The summed E-state index contributed by atoms with van der Waals surface area (Å²) < 4.78 is 30.9. The van der Waals surface area contributed by atoms with Gasteiger partial charge < -0.3 is 15.4 Å². The summed E-state index contributed by atoms with van der Waals surface area (Å²) in [5, 5.41) is 5.82. The maximum absolute atomic E-state index is 12.8. The fraction of sp³-hybridized carbons (Fsp3) is 0.286. The van der Waals surface area contributed by atoms with E-state index in [1.54, 1.807) is 42.5 Å². The number of hydrogen-bond acceptors (Lipinski definition) is 6. The zero-order valence-electron chi connectivity index (χ0n) is 17.0. The van der Waals surface area contributed by atoms with Crippen LogP contribution in [0.1, 0.15) is 24.2 Å². The molecule has 0 aliphatic heterocycles. The number of carbonyl (C=O) groups is 2. The summed E-state index contributed by atoms with van der Waals surface area (Å²) in [5.41, 5.74) is 1.01. The van der Waals surface area contributed by atoms with E-state index in [9.17, 15) is 18.4 Å². The van der Waals surface area contributed by atoms with Crippen molar-refractivity contribution >= 4 is 50.3 Å². The van der Waals surface area contributed by atoms with Crippen LogP contribution in [0.5, 0.6) is 5.75 Å². The molecule has 1 unspecified atom stereocenters. The quantitative estimate of drug-likeness (QED) is 0.457. The molecule has 0 radical (unpaired) electrons. The van der Waals surface area contributed by atoms with Crippen molar-refractivity contribution in [2.75, 3.05) is 12.4 Å². The van der Waals surface area contributed by atoms with Gasteiger partial charge in [-0.15, -0.1) is 0 Å². The molecule has 3 rings (SSSR count). The number of hydrogen-bond donors (Lipinski definition) is 2. The molecule has 2 amide bonds. The molecule has 0 spiro atoms. The topological polar surface area (TPSA) is 80.3 Å². The number of anilines is 1. The highest BCUT2D eigenvalue weighted by molar-refractivity contribution is 7.99. The first-order valence-corrected chi connectivity index (χ1v) is 11.1. The van der Waals surface area contributed by atoms with Gasteiger partial charge in [0.15, 0.2) is 5.13 Å². The molecule has 1 aromatic heterocycles. The van der Waals surface area contributed by atoms with E-state index in [0.717, 1.165) is 0 Å². The molecular formula is C21H21F2N3O3S2. The monoisotopic (exact) mass is 465 g/mol. The average Bonchev–Trinajstić information content (AvgIpc) is 3.12. The predicted molar refractivity (Wildman–Crippen MR) is 119 cm³/mol. The summed E-state index contributed by atoms with van der Waals surface area (Å²) >= 11 is 1.64. The van der Waals surface area contributed by atoms with Crippen LogP contribution in [0.25, 0.3) is 10.2 Å². The molecule has 10 heteroatoms. The number of methoxy groups -OCH3 is 1. The number of thiazole rings is 1. The number of halogens is 2. The van der Waals surface area contributed by atoms with Crippen molar-refractivity contribution in [1.82, 2.24) is 10.3 Å². The summed E-state index contributed by atoms with van der Waals surface area (Å²) in [4.78, 5) is 30.2. The molecule has 6 nitrogen and oxygen atoms in total. The molecule has 1 heterocycles. The summed E-state index contributed by atoms with van der Waals surface area (Å²) in [6.45, 7) is 3.65. The average molecular weight is 466 g/mol. The molecule has 0 fully saturated rings. The molecule has 0 bridgehead atoms. The van der Waals surface area contributed by atoms with Crippen LogP contribution in [0.15, 0.2) is 47.4 Å². The smallest absolute Gasteiger partial charge is 0.288 e. The van der Waals surface area contributed by atoms with E-state index in [4.69, 9.17) is 4.74 Å². The van der Waals surface area contributed by atoms with Gasteiger partial charge in [-0.2, -0.15) is 8.78 Å². The van der Waals surface area contributed by atoms with Crippen molar-refractivity contribution in [3.63, 3.8) is 0 Å². The van der Waals surface area contributed by atoms with Gasteiger partial charge in [-0.05, 0) is 48.4 Å². The third kappa shape index (κ3) is 5.92. The molecule has 0 saturated carbocycles. The Kier molecular flexibility index (Phi) is 7.45. The van der Waals surface area contributed by atoms with Crippen molar-refractivity contribution < 1.29 is 23.1 Å². The van der Waals surface area contributed by atoms with E-state index in [-0.39, 0.29) is 11.8 Å². The van der Waals surface area contributed by atoms with E-state index in [0.29, 0.717) is 43.3 Å². The van der Waals surface area contributed by atoms with Crippen LogP contribution >= 0.6 is 23.1 Å². The van der Waals surface area contributed by atoms with Gasteiger partial charge in [0.25, 0.3) is 11.7 Å². The van der Waals surface area contributed by atoms with Gasteiger partial charge in [-0.1, -0.05) is 36.9 Å². The van der Waals surface area contributed by atoms with Gasteiger partial charge >= 0.3 is 0 Å². The van der Waals surface area contributed by atoms with E-state index in [1.807, 2.05) is 13.8 Å². The van der Waals surface area contributed by atoms with Gasteiger partial charge in [-0.3, -0.25) is 9.59 Å². The fourth-order valence-corrected chi connectivity index (χ4v) is 4.34. The third-order valence-electron chi connectivity index (χ3n) is 4.40. The standard InChI is InChI=1S/C21H21F2N3O3S2/c1-11(2)17(25-18(27)12-4-6-13(29-3)7-5-12)19(28)26-21-24-15-9-8-14(30-20(22)23)10-16(15)31-21/h4-11,17,20H,1-3H3,(H,25,27)(H,24,26,28). The van der Waals surface area contributed by atoms with Crippen LogP contribution in [0.4, 0.5) is 13.9 Å². The number of ether oxygens (including phenoxy) is 1. The number of rotatable bonds is 8. The van der Waals surface area contributed by atoms with Gasteiger partial charge in [0.05, 0.1) is 17.3 Å². The molecule has 1 atom stereocenters. The van der Waals surface area contributed by atoms with Crippen LogP contribution in [-0.2, 0) is 4.79 Å². The van der Waals surface area contributed by atoms with Gasteiger partial charge in [0.2, 0.25) is 5.91 Å². The number of thioether (sulfide) groups is 1. The number of nitrogens with one attached hydrogen (secondary N) is 2. The fourth-order valence-electron chi connectivity index (χ4n) is 2.82. The van der Waals surface area contributed by atoms with Crippen molar-refractivity contribution in [2.24, 2.45) is 5.92 Å². The van der Waals surface area contributed by atoms with Crippen LogP contribution in [0.3, 0.4) is 0 Å². The lowest BCUT2D eigenvalue weighted by Gasteiger charge is -2.21. The number of amides is 2. The molecule has 2 aromatic carbocycles. The molecule has 31 heavy (non-hydrogen) atoms. The highest BCUT2D eigenvalue weighted by atomic mass is 32.2. The Morgan fingerprint density at radius 1 is 1.13 bits per heavy atom. The Bertz CT molecular complexity index is 1070. The highest BCUT2D eigenvalue weighted by Gasteiger charge is 2.25. The minimum atomic E-state index is -2.51. The van der Waals surface area contributed by atoms with Crippen molar-refractivity contribution in [1.29, 1.82) is 0 Å². The second kappa shape index (κ2) is 10.1. The second-order valence-corrected chi connectivity index (χ2v) is 9.03. The van der Waals surface area contributed by atoms with E-state index in [2.05, 4.69) is 15.6 Å². The number of aromatic nitrogens is 1. The van der Waals surface area contributed by atoms with Gasteiger partial charge in [0, 0.05) is 10.5 Å². The van der Waals surface area contributed by atoms with Gasteiger partial charge in [-0.25, -0.2) is 4.98 Å². The Balaban J connectivity index is 1.71. The molecule has 0 aliphatic carbocycles. The summed E-state index contributed by atoms with van der Waals surface area (Å²) in [5.74, 6) is -2.84. The first-order valence-electron chi connectivity index (χ1n) is 9.38. The minimum absolute atomic E-state index is 0.175. The largest absolute Gasteiger partial charge is 0.497 e. The minimum Gasteiger partial charge on any atom is -0.497 e. The third-order valence-corrected chi connectivity index (χ3v) is 6.04. The number of carbonyl (C=O) groups excluding carboxylic acids is 2. The molecule has 0 saturated heterocycles. The van der Waals surface area contributed by atoms with Gasteiger partial charge in [0.1, 0.15) is 11.8 Å². The first kappa shape index (κ1) is 23.0. The van der Waals surface area contributed by atoms with Crippen LogP contribution in [0, 0.1) is 5.92 Å². The second-order valence-electron chi connectivity index (χ2n) is 6.94.